The van der Waals surface area contributed by atoms with E-state index in [1.54, 1.807) is 0 Å². The van der Waals surface area contributed by atoms with E-state index in [2.05, 4.69) is 4.90 Å². The van der Waals surface area contributed by atoms with Crippen LogP contribution in [0.4, 0.5) is 0 Å². The Morgan fingerprint density at radius 2 is 1.70 bits per heavy atom. The number of amides is 1. The van der Waals surface area contributed by atoms with Crippen molar-refractivity contribution in [2.24, 2.45) is 11.7 Å². The number of benzene rings is 1. The van der Waals surface area contributed by atoms with Crippen molar-refractivity contribution < 1.29 is 4.79 Å². The minimum atomic E-state index is -0.414. The van der Waals surface area contributed by atoms with E-state index in [1.165, 1.54) is 19.4 Å². The quantitative estimate of drug-likeness (QED) is 0.873. The Bertz CT molecular complexity index is 474. The van der Waals surface area contributed by atoms with E-state index in [0.29, 0.717) is 6.42 Å². The molecular formula is C17H27Cl2N3O. The Morgan fingerprint density at radius 3 is 2.26 bits per heavy atom. The summed E-state index contributed by atoms with van der Waals surface area (Å²) >= 11 is 0. The van der Waals surface area contributed by atoms with E-state index in [4.69, 9.17) is 5.73 Å². The van der Waals surface area contributed by atoms with Gasteiger partial charge < -0.3 is 10.6 Å². The van der Waals surface area contributed by atoms with Crippen LogP contribution in [0, 0.1) is 5.92 Å². The number of carbonyl (C=O) groups is 1. The number of halogens is 2. The number of rotatable bonds is 5. The molecule has 1 saturated heterocycles. The van der Waals surface area contributed by atoms with Crippen molar-refractivity contribution in [3.05, 3.63) is 35.9 Å². The zero-order chi connectivity index (χ0) is 14.7. The number of hydrogen-bond acceptors (Lipinski definition) is 3. The average Bonchev–Trinajstić information content (AvgIpc) is 3.32. The van der Waals surface area contributed by atoms with Crippen molar-refractivity contribution >= 4 is 30.7 Å². The summed E-state index contributed by atoms with van der Waals surface area (Å²) in [6.07, 6.45) is 3.41. The number of nitrogens with zero attached hydrogens (tertiary/aromatic N) is 2. The van der Waals surface area contributed by atoms with Gasteiger partial charge in [-0.1, -0.05) is 30.3 Å². The molecule has 0 aromatic heterocycles. The Balaban J connectivity index is 0.00000132. The van der Waals surface area contributed by atoms with Crippen LogP contribution in [-0.2, 0) is 11.2 Å². The molecule has 4 nitrogen and oxygen atoms in total. The lowest BCUT2D eigenvalue weighted by Crippen LogP contribution is -2.53. The highest BCUT2D eigenvalue weighted by Crippen LogP contribution is 2.29. The Hall–Kier alpha value is -0.810. The van der Waals surface area contributed by atoms with Crippen molar-refractivity contribution in [3.8, 4) is 0 Å². The molecule has 0 radical (unpaired) electrons. The minimum Gasteiger partial charge on any atom is -0.339 e. The SMILES string of the molecule is Cl.Cl.NC(Cc1ccccc1)C(=O)N1CCN(CC2CC2)CC1. The first-order chi connectivity index (χ1) is 10.2. The Kier molecular flexibility index (Phi) is 8.34. The molecule has 2 aliphatic rings. The van der Waals surface area contributed by atoms with Crippen molar-refractivity contribution in [2.75, 3.05) is 32.7 Å². The van der Waals surface area contributed by atoms with Crippen molar-refractivity contribution in [1.82, 2.24) is 9.80 Å². The van der Waals surface area contributed by atoms with Crippen LogP contribution in [-0.4, -0.2) is 54.5 Å². The third-order valence-corrected chi connectivity index (χ3v) is 4.51. The van der Waals surface area contributed by atoms with Crippen LogP contribution in [0.5, 0.6) is 0 Å². The van der Waals surface area contributed by atoms with Crippen LogP contribution in [0.1, 0.15) is 18.4 Å². The first-order valence-electron chi connectivity index (χ1n) is 8.03. The van der Waals surface area contributed by atoms with Crippen LogP contribution in [0.25, 0.3) is 0 Å². The molecule has 1 aromatic carbocycles. The normalized spacial score (nSPS) is 19.4. The second-order valence-corrected chi connectivity index (χ2v) is 6.37. The predicted molar refractivity (Wildman–Crippen MR) is 98.4 cm³/mol. The topological polar surface area (TPSA) is 49.6 Å². The lowest BCUT2D eigenvalue weighted by Gasteiger charge is -2.36. The van der Waals surface area contributed by atoms with Gasteiger partial charge in [-0.2, -0.15) is 0 Å². The van der Waals surface area contributed by atoms with Gasteiger partial charge in [-0.05, 0) is 30.7 Å². The smallest absolute Gasteiger partial charge is 0.239 e. The fourth-order valence-corrected chi connectivity index (χ4v) is 3.01. The fourth-order valence-electron chi connectivity index (χ4n) is 3.01. The van der Waals surface area contributed by atoms with E-state index in [0.717, 1.165) is 37.7 Å². The van der Waals surface area contributed by atoms with Crippen molar-refractivity contribution in [3.63, 3.8) is 0 Å². The highest BCUT2D eigenvalue weighted by atomic mass is 35.5. The second kappa shape index (κ2) is 9.48. The van der Waals surface area contributed by atoms with Gasteiger partial charge in [0.2, 0.25) is 5.91 Å². The van der Waals surface area contributed by atoms with Gasteiger partial charge in [-0.15, -0.1) is 24.8 Å². The summed E-state index contributed by atoms with van der Waals surface area (Å²) in [7, 11) is 0. The van der Waals surface area contributed by atoms with Gasteiger partial charge in [0.1, 0.15) is 0 Å². The number of hydrogen-bond donors (Lipinski definition) is 1. The van der Waals surface area contributed by atoms with Crippen LogP contribution in [0.3, 0.4) is 0 Å². The molecule has 130 valence electrons. The Labute approximate surface area is 151 Å². The molecule has 6 heteroatoms. The zero-order valence-corrected chi connectivity index (χ0v) is 15.0. The third kappa shape index (κ3) is 5.96. The standard InChI is InChI=1S/C17H25N3O.2ClH/c18-16(12-14-4-2-1-3-5-14)17(21)20-10-8-19(9-11-20)13-15-6-7-15;;/h1-5,15-16H,6-13,18H2;2*1H. The summed E-state index contributed by atoms with van der Waals surface area (Å²) in [6.45, 7) is 4.88. The van der Waals surface area contributed by atoms with Crippen LogP contribution >= 0.6 is 24.8 Å². The van der Waals surface area contributed by atoms with Gasteiger partial charge in [0.25, 0.3) is 0 Å². The van der Waals surface area contributed by atoms with E-state index in [1.807, 2.05) is 35.2 Å². The molecule has 1 atom stereocenters. The molecule has 1 aromatic rings. The third-order valence-electron chi connectivity index (χ3n) is 4.51. The first-order valence-corrected chi connectivity index (χ1v) is 8.03. The van der Waals surface area contributed by atoms with Gasteiger partial charge in [-0.25, -0.2) is 0 Å². The molecule has 0 bridgehead atoms. The summed E-state index contributed by atoms with van der Waals surface area (Å²) in [6, 6.07) is 9.60. The van der Waals surface area contributed by atoms with Gasteiger partial charge in [0.05, 0.1) is 6.04 Å². The highest BCUT2D eigenvalue weighted by Gasteiger charge is 2.29. The summed E-state index contributed by atoms with van der Waals surface area (Å²) in [4.78, 5) is 16.9. The number of nitrogens with two attached hydrogens (primary N) is 1. The Morgan fingerprint density at radius 1 is 1.09 bits per heavy atom. The molecule has 2 fully saturated rings. The number of piperazine rings is 1. The largest absolute Gasteiger partial charge is 0.339 e. The highest BCUT2D eigenvalue weighted by molar-refractivity contribution is 5.85. The van der Waals surface area contributed by atoms with E-state index in [-0.39, 0.29) is 30.7 Å². The molecule has 0 spiro atoms. The average molecular weight is 360 g/mol. The monoisotopic (exact) mass is 359 g/mol. The first kappa shape index (κ1) is 20.2. The van der Waals surface area contributed by atoms with E-state index < -0.39 is 6.04 Å². The molecule has 2 N–H and O–H groups in total. The maximum absolute atomic E-state index is 12.4. The minimum absolute atomic E-state index is 0. The second-order valence-electron chi connectivity index (χ2n) is 6.37. The van der Waals surface area contributed by atoms with Gasteiger partial charge in [-0.3, -0.25) is 9.69 Å². The fraction of sp³-hybridized carbons (Fsp3) is 0.588. The molecule has 1 aliphatic carbocycles. The molecular weight excluding hydrogens is 333 g/mol. The van der Waals surface area contributed by atoms with Gasteiger partial charge in [0.15, 0.2) is 0 Å². The maximum Gasteiger partial charge on any atom is 0.239 e. The summed E-state index contributed by atoms with van der Waals surface area (Å²) in [5.41, 5.74) is 7.23. The molecule has 3 rings (SSSR count). The summed E-state index contributed by atoms with van der Waals surface area (Å²) in [5, 5.41) is 0. The maximum atomic E-state index is 12.4. The molecule has 1 aliphatic heterocycles. The molecule has 1 saturated carbocycles. The molecule has 1 unspecified atom stereocenters. The van der Waals surface area contributed by atoms with Crippen LogP contribution < -0.4 is 5.73 Å². The van der Waals surface area contributed by atoms with Crippen LogP contribution in [0.2, 0.25) is 0 Å². The summed E-state index contributed by atoms with van der Waals surface area (Å²) < 4.78 is 0. The predicted octanol–water partition coefficient (Wildman–Crippen LogP) is 1.95. The van der Waals surface area contributed by atoms with Crippen molar-refractivity contribution in [1.29, 1.82) is 0 Å². The van der Waals surface area contributed by atoms with Gasteiger partial charge in [0, 0.05) is 32.7 Å². The molecule has 1 heterocycles. The van der Waals surface area contributed by atoms with Crippen molar-refractivity contribution in [2.45, 2.75) is 25.3 Å². The van der Waals surface area contributed by atoms with Crippen LogP contribution in [0.15, 0.2) is 30.3 Å². The molecule has 1 amide bonds. The van der Waals surface area contributed by atoms with E-state index in [9.17, 15) is 4.79 Å². The zero-order valence-electron chi connectivity index (χ0n) is 13.4. The number of carbonyl (C=O) groups excluding carboxylic acids is 1. The lowest BCUT2D eigenvalue weighted by molar-refractivity contribution is -0.134. The lowest BCUT2D eigenvalue weighted by atomic mass is 10.1. The van der Waals surface area contributed by atoms with Gasteiger partial charge >= 0.3 is 0 Å². The van der Waals surface area contributed by atoms with E-state index >= 15 is 0 Å². The molecule has 23 heavy (non-hydrogen) atoms. The summed E-state index contributed by atoms with van der Waals surface area (Å²) in [5.74, 6) is 1.03.